The number of nitrogens with zero attached hydrogens (tertiary/aromatic N) is 1. The molecular formula is C15H24N2O3. The molecule has 2 N–H and O–H groups in total. The van der Waals surface area contributed by atoms with E-state index in [1.807, 2.05) is 0 Å². The number of hydrogen-bond donors (Lipinski definition) is 2. The van der Waals surface area contributed by atoms with Crippen LogP contribution >= 0.6 is 0 Å². The molecule has 1 saturated carbocycles. The molecule has 1 aliphatic rings. The van der Waals surface area contributed by atoms with E-state index in [1.165, 1.54) is 30.3 Å². The zero-order valence-corrected chi connectivity index (χ0v) is 12.3. The summed E-state index contributed by atoms with van der Waals surface area (Å²) in [4.78, 5) is 25.7. The smallest absolute Gasteiger partial charge is 0.331 e. The molecule has 0 aromatic carbocycles. The Hall–Kier alpha value is -1.52. The summed E-state index contributed by atoms with van der Waals surface area (Å²) in [5.41, 5.74) is -0.687. The van der Waals surface area contributed by atoms with Crippen LogP contribution in [0.2, 0.25) is 0 Å². The highest BCUT2D eigenvalue weighted by molar-refractivity contribution is 5.22. The zero-order chi connectivity index (χ0) is 14.7. The van der Waals surface area contributed by atoms with Crippen molar-refractivity contribution in [3.8, 4) is 5.88 Å². The Morgan fingerprint density at radius 1 is 1.35 bits per heavy atom. The lowest BCUT2D eigenvalue weighted by molar-refractivity contribution is 0.255. The highest BCUT2D eigenvalue weighted by Gasteiger charge is 2.20. The van der Waals surface area contributed by atoms with Crippen molar-refractivity contribution < 1.29 is 5.11 Å². The number of H-pyrrole nitrogens is 1. The molecule has 5 heteroatoms. The predicted molar refractivity (Wildman–Crippen MR) is 78.1 cm³/mol. The van der Waals surface area contributed by atoms with Gasteiger partial charge in [-0.2, -0.15) is 0 Å². The van der Waals surface area contributed by atoms with E-state index in [1.54, 1.807) is 6.92 Å². The molecule has 1 aromatic rings. The molecule has 0 radical (unpaired) electrons. The average molecular weight is 280 g/mol. The monoisotopic (exact) mass is 280 g/mol. The minimum Gasteiger partial charge on any atom is -0.494 e. The maximum absolute atomic E-state index is 11.8. The first-order valence-electron chi connectivity index (χ1n) is 7.57. The van der Waals surface area contributed by atoms with Crippen LogP contribution in [0.3, 0.4) is 0 Å². The lowest BCUT2D eigenvalue weighted by Gasteiger charge is -2.26. The van der Waals surface area contributed by atoms with Gasteiger partial charge in [-0.3, -0.25) is 14.3 Å². The quantitative estimate of drug-likeness (QED) is 0.886. The van der Waals surface area contributed by atoms with Gasteiger partial charge in [0.2, 0.25) is 5.88 Å². The third-order valence-electron chi connectivity index (χ3n) is 4.42. The van der Waals surface area contributed by atoms with Gasteiger partial charge in [-0.25, -0.2) is 4.79 Å². The van der Waals surface area contributed by atoms with Crippen molar-refractivity contribution in [2.24, 2.45) is 11.8 Å². The fourth-order valence-corrected chi connectivity index (χ4v) is 3.26. The van der Waals surface area contributed by atoms with Crippen molar-refractivity contribution in [1.29, 1.82) is 0 Å². The van der Waals surface area contributed by atoms with Crippen molar-refractivity contribution in [3.05, 3.63) is 26.4 Å². The van der Waals surface area contributed by atoms with Crippen LogP contribution in [0.4, 0.5) is 0 Å². The van der Waals surface area contributed by atoms with Crippen molar-refractivity contribution in [1.82, 2.24) is 9.55 Å². The molecule has 112 valence electrons. The SMILES string of the molecule is CCc1c(O)n(CCC2CCCC(C)C2)c(=O)[nH]c1=O. The van der Waals surface area contributed by atoms with E-state index in [9.17, 15) is 14.7 Å². The molecule has 1 aliphatic carbocycles. The molecule has 2 unspecified atom stereocenters. The van der Waals surface area contributed by atoms with Crippen LogP contribution in [0.15, 0.2) is 9.59 Å². The van der Waals surface area contributed by atoms with Gasteiger partial charge in [-0.1, -0.05) is 33.1 Å². The topological polar surface area (TPSA) is 75.1 Å². The van der Waals surface area contributed by atoms with Crippen molar-refractivity contribution >= 4 is 0 Å². The molecule has 0 amide bonds. The van der Waals surface area contributed by atoms with Gasteiger partial charge in [0.05, 0.1) is 5.56 Å². The van der Waals surface area contributed by atoms with E-state index in [0.717, 1.165) is 12.3 Å². The van der Waals surface area contributed by atoms with Gasteiger partial charge in [0.25, 0.3) is 5.56 Å². The number of aromatic amines is 1. The van der Waals surface area contributed by atoms with Crippen LogP contribution in [-0.4, -0.2) is 14.7 Å². The fourth-order valence-electron chi connectivity index (χ4n) is 3.26. The van der Waals surface area contributed by atoms with Crippen LogP contribution in [0.1, 0.15) is 51.5 Å². The third-order valence-corrected chi connectivity index (χ3v) is 4.42. The Kier molecular flexibility index (Phi) is 4.68. The lowest BCUT2D eigenvalue weighted by atomic mass is 9.81. The molecule has 0 bridgehead atoms. The summed E-state index contributed by atoms with van der Waals surface area (Å²) in [6, 6.07) is 0. The van der Waals surface area contributed by atoms with Gasteiger partial charge >= 0.3 is 5.69 Å². The maximum Gasteiger partial charge on any atom is 0.331 e. The standard InChI is InChI=1S/C15H24N2O3/c1-3-12-13(18)16-15(20)17(14(12)19)8-7-11-6-4-5-10(2)9-11/h10-11,19H,3-9H2,1-2H3,(H,16,18,20). The summed E-state index contributed by atoms with van der Waals surface area (Å²) in [7, 11) is 0. The summed E-state index contributed by atoms with van der Waals surface area (Å²) in [5.74, 6) is 1.20. The van der Waals surface area contributed by atoms with Gasteiger partial charge in [0, 0.05) is 6.54 Å². The summed E-state index contributed by atoms with van der Waals surface area (Å²) >= 11 is 0. The molecule has 5 nitrogen and oxygen atoms in total. The van der Waals surface area contributed by atoms with Crippen LogP contribution in [0.25, 0.3) is 0 Å². The Balaban J connectivity index is 2.13. The molecule has 0 aliphatic heterocycles. The summed E-state index contributed by atoms with van der Waals surface area (Å²) < 4.78 is 1.31. The van der Waals surface area contributed by atoms with Crippen molar-refractivity contribution in [2.45, 2.75) is 58.9 Å². The minimum atomic E-state index is -0.506. The molecule has 1 fully saturated rings. The number of rotatable bonds is 4. The Morgan fingerprint density at radius 3 is 2.75 bits per heavy atom. The zero-order valence-electron chi connectivity index (χ0n) is 12.3. The van der Waals surface area contributed by atoms with Gasteiger partial charge in [0.15, 0.2) is 0 Å². The van der Waals surface area contributed by atoms with Gasteiger partial charge in [0.1, 0.15) is 0 Å². The molecule has 1 heterocycles. The molecule has 0 spiro atoms. The van der Waals surface area contributed by atoms with E-state index < -0.39 is 11.2 Å². The van der Waals surface area contributed by atoms with Crippen LogP contribution in [-0.2, 0) is 13.0 Å². The molecule has 20 heavy (non-hydrogen) atoms. The number of aromatic hydroxyl groups is 1. The number of nitrogens with one attached hydrogen (secondary N) is 1. The number of hydrogen-bond acceptors (Lipinski definition) is 3. The minimum absolute atomic E-state index is 0.162. The second-order valence-electron chi connectivity index (χ2n) is 5.99. The molecule has 1 aromatic heterocycles. The van der Waals surface area contributed by atoms with Crippen LogP contribution < -0.4 is 11.2 Å². The fraction of sp³-hybridized carbons (Fsp3) is 0.733. The Bertz CT molecular complexity index is 573. The summed E-state index contributed by atoms with van der Waals surface area (Å²) in [6.07, 6.45) is 6.23. The van der Waals surface area contributed by atoms with Crippen LogP contribution in [0.5, 0.6) is 5.88 Å². The van der Waals surface area contributed by atoms with Crippen molar-refractivity contribution in [2.75, 3.05) is 0 Å². The third kappa shape index (κ3) is 3.14. The van der Waals surface area contributed by atoms with Crippen LogP contribution in [0, 0.1) is 11.8 Å². The molecule has 2 atom stereocenters. The lowest BCUT2D eigenvalue weighted by Crippen LogP contribution is -2.32. The first-order valence-corrected chi connectivity index (χ1v) is 7.57. The predicted octanol–water partition coefficient (Wildman–Crippen LogP) is 2.02. The second-order valence-corrected chi connectivity index (χ2v) is 5.99. The second kappa shape index (κ2) is 6.29. The average Bonchev–Trinajstić information content (AvgIpc) is 2.38. The highest BCUT2D eigenvalue weighted by Crippen LogP contribution is 2.31. The first kappa shape index (κ1) is 14.9. The first-order chi connectivity index (χ1) is 9.52. The normalized spacial score (nSPS) is 22.9. The molecule has 0 saturated heterocycles. The molecule has 2 rings (SSSR count). The van der Waals surface area contributed by atoms with Crippen molar-refractivity contribution in [3.63, 3.8) is 0 Å². The number of aromatic nitrogens is 2. The molecular weight excluding hydrogens is 256 g/mol. The van der Waals surface area contributed by atoms with E-state index in [4.69, 9.17) is 0 Å². The highest BCUT2D eigenvalue weighted by atomic mass is 16.3. The van der Waals surface area contributed by atoms with E-state index >= 15 is 0 Å². The van der Waals surface area contributed by atoms with E-state index in [2.05, 4.69) is 11.9 Å². The summed E-state index contributed by atoms with van der Waals surface area (Å²) in [6.45, 7) is 4.54. The van der Waals surface area contributed by atoms with Gasteiger partial charge in [-0.15, -0.1) is 0 Å². The largest absolute Gasteiger partial charge is 0.494 e. The van der Waals surface area contributed by atoms with E-state index in [0.29, 0.717) is 24.4 Å². The van der Waals surface area contributed by atoms with Gasteiger partial charge < -0.3 is 5.11 Å². The van der Waals surface area contributed by atoms with Gasteiger partial charge in [-0.05, 0) is 31.1 Å². The Labute approximate surface area is 118 Å². The summed E-state index contributed by atoms with van der Waals surface area (Å²) in [5, 5.41) is 10.1. The maximum atomic E-state index is 11.8. The Morgan fingerprint density at radius 2 is 2.10 bits per heavy atom. The van der Waals surface area contributed by atoms with E-state index in [-0.39, 0.29) is 5.88 Å².